The number of fused-ring (bicyclic) bond motifs is 3. The van der Waals surface area contributed by atoms with Gasteiger partial charge in [0.2, 0.25) is 0 Å². The molecule has 0 amide bonds. The van der Waals surface area contributed by atoms with E-state index in [2.05, 4.69) is 39.8 Å². The summed E-state index contributed by atoms with van der Waals surface area (Å²) >= 11 is 0. The van der Waals surface area contributed by atoms with Crippen LogP contribution in [-0.4, -0.2) is 13.1 Å². The maximum atomic E-state index is 12.6. The highest BCUT2D eigenvalue weighted by molar-refractivity contribution is 5.77. The minimum absolute atomic E-state index is 0.00886. The van der Waals surface area contributed by atoms with Gasteiger partial charge in [0.05, 0.1) is 12.5 Å². The summed E-state index contributed by atoms with van der Waals surface area (Å²) in [6.45, 7) is 9.19. The molecule has 0 aromatic carbocycles. The van der Waals surface area contributed by atoms with Crippen LogP contribution in [-0.2, 0) is 9.53 Å². The maximum absolute atomic E-state index is 12.6. The summed E-state index contributed by atoms with van der Waals surface area (Å²) in [5.41, 5.74) is 3.08. The first-order chi connectivity index (χ1) is 10.8. The third kappa shape index (κ3) is 2.49. The second kappa shape index (κ2) is 5.79. The molecule has 0 radical (unpaired) electrons. The van der Waals surface area contributed by atoms with E-state index in [4.69, 9.17) is 4.74 Å². The van der Waals surface area contributed by atoms with Gasteiger partial charge >= 0.3 is 5.97 Å². The molecule has 0 saturated heterocycles. The fourth-order valence-electron chi connectivity index (χ4n) is 5.93. The first-order valence-corrected chi connectivity index (χ1v) is 9.28. The molecule has 0 aromatic rings. The molecule has 3 aliphatic carbocycles. The molecule has 3 aliphatic rings. The lowest BCUT2D eigenvalue weighted by atomic mass is 9.46. The lowest BCUT2D eigenvalue weighted by molar-refractivity contribution is -0.167. The highest BCUT2D eigenvalue weighted by Crippen LogP contribution is 2.62. The molecule has 128 valence electrons. The summed E-state index contributed by atoms with van der Waals surface area (Å²) in [7, 11) is 1.55. The smallest absolute Gasteiger partial charge is 0.311 e. The zero-order valence-electron chi connectivity index (χ0n) is 15.4. The Kier molecular flexibility index (Phi) is 4.23. The SMILES string of the molecule is COC(=O)[C@]1(C)CCC[C@@]2(C)[C@H]1CCC1=CC(C)C(C)=CC[C@@H]12. The Morgan fingerprint density at radius 3 is 2.74 bits per heavy atom. The molecule has 0 bridgehead atoms. The number of ether oxygens (including phenoxy) is 1. The van der Waals surface area contributed by atoms with Gasteiger partial charge in [-0.3, -0.25) is 4.79 Å². The Balaban J connectivity index is 2.00. The van der Waals surface area contributed by atoms with Crippen LogP contribution < -0.4 is 0 Å². The predicted octanol–water partition coefficient (Wildman–Crippen LogP) is 5.29. The van der Waals surface area contributed by atoms with Gasteiger partial charge in [-0.1, -0.05) is 43.6 Å². The summed E-state index contributed by atoms with van der Waals surface area (Å²) < 4.78 is 5.22. The number of carbonyl (C=O) groups is 1. The van der Waals surface area contributed by atoms with E-state index in [9.17, 15) is 4.79 Å². The molecule has 0 heterocycles. The Hall–Kier alpha value is -1.05. The second-order valence-corrected chi connectivity index (χ2v) is 8.63. The van der Waals surface area contributed by atoms with Crippen LogP contribution in [0.15, 0.2) is 23.3 Å². The van der Waals surface area contributed by atoms with Crippen molar-refractivity contribution in [2.24, 2.45) is 28.6 Å². The molecule has 0 aromatic heterocycles. The van der Waals surface area contributed by atoms with Gasteiger partial charge in [0.15, 0.2) is 0 Å². The average molecular weight is 316 g/mol. The summed E-state index contributed by atoms with van der Waals surface area (Å²) in [5, 5.41) is 0. The van der Waals surface area contributed by atoms with Gasteiger partial charge in [-0.05, 0) is 69.1 Å². The number of hydrogen-bond donors (Lipinski definition) is 0. The molecule has 0 spiro atoms. The third-order valence-corrected chi connectivity index (χ3v) is 7.45. The van der Waals surface area contributed by atoms with Crippen LogP contribution in [0.5, 0.6) is 0 Å². The van der Waals surface area contributed by atoms with Gasteiger partial charge in [0, 0.05) is 0 Å². The average Bonchev–Trinajstić information content (AvgIpc) is 2.66. The topological polar surface area (TPSA) is 26.3 Å². The monoisotopic (exact) mass is 316 g/mol. The Labute approximate surface area is 141 Å². The molecule has 0 N–H and O–H groups in total. The van der Waals surface area contributed by atoms with Crippen LogP contribution in [0.1, 0.15) is 66.2 Å². The zero-order valence-corrected chi connectivity index (χ0v) is 15.4. The van der Waals surface area contributed by atoms with E-state index in [0.717, 1.165) is 32.1 Å². The third-order valence-electron chi connectivity index (χ3n) is 7.45. The molecule has 5 atom stereocenters. The van der Waals surface area contributed by atoms with Crippen LogP contribution in [0, 0.1) is 28.6 Å². The molecule has 0 aliphatic heterocycles. The minimum Gasteiger partial charge on any atom is -0.469 e. The number of carbonyl (C=O) groups excluding carboxylic acids is 1. The van der Waals surface area contributed by atoms with Crippen LogP contribution in [0.3, 0.4) is 0 Å². The van der Waals surface area contributed by atoms with Crippen molar-refractivity contribution in [2.45, 2.75) is 66.2 Å². The highest BCUT2D eigenvalue weighted by Gasteiger charge is 2.57. The molecular formula is C21H32O2. The normalized spacial score (nSPS) is 43.4. The highest BCUT2D eigenvalue weighted by atomic mass is 16.5. The molecular weight excluding hydrogens is 284 g/mol. The Morgan fingerprint density at radius 2 is 2.04 bits per heavy atom. The van der Waals surface area contributed by atoms with E-state index in [0.29, 0.717) is 17.8 Å². The van der Waals surface area contributed by atoms with Crippen molar-refractivity contribution in [3.63, 3.8) is 0 Å². The van der Waals surface area contributed by atoms with Gasteiger partial charge in [0.1, 0.15) is 0 Å². The Bertz CT molecular complexity index is 558. The van der Waals surface area contributed by atoms with Crippen LogP contribution in [0.25, 0.3) is 0 Å². The number of rotatable bonds is 1. The summed E-state index contributed by atoms with van der Waals surface area (Å²) in [6, 6.07) is 0. The fourth-order valence-corrected chi connectivity index (χ4v) is 5.93. The quantitative estimate of drug-likeness (QED) is 0.485. The van der Waals surface area contributed by atoms with Crippen molar-refractivity contribution in [1.29, 1.82) is 0 Å². The van der Waals surface area contributed by atoms with Gasteiger partial charge in [-0.2, -0.15) is 0 Å². The van der Waals surface area contributed by atoms with Gasteiger partial charge in [0.25, 0.3) is 0 Å². The summed E-state index contributed by atoms with van der Waals surface area (Å²) in [5.74, 6) is 1.62. The van der Waals surface area contributed by atoms with Crippen LogP contribution in [0.2, 0.25) is 0 Å². The number of esters is 1. The second-order valence-electron chi connectivity index (χ2n) is 8.63. The van der Waals surface area contributed by atoms with E-state index in [1.54, 1.807) is 12.7 Å². The van der Waals surface area contributed by atoms with E-state index in [-0.39, 0.29) is 16.8 Å². The standard InChI is InChI=1S/C21H32O2/c1-14-7-9-17-16(13-15(14)2)8-10-18-20(17,3)11-6-12-21(18,4)19(22)23-5/h7,13,15,17-18H,6,8-12H2,1-5H3/t15?,17-,18+,20+,21+/m0/s1. The number of allylic oxidation sites excluding steroid dienone is 4. The van der Waals surface area contributed by atoms with Crippen molar-refractivity contribution >= 4 is 5.97 Å². The summed E-state index contributed by atoms with van der Waals surface area (Å²) in [4.78, 5) is 12.6. The lowest BCUT2D eigenvalue weighted by Crippen LogP contribution is -2.53. The van der Waals surface area contributed by atoms with Gasteiger partial charge < -0.3 is 4.74 Å². The first kappa shape index (κ1) is 16.8. The predicted molar refractivity (Wildman–Crippen MR) is 93.9 cm³/mol. The largest absolute Gasteiger partial charge is 0.469 e. The molecule has 2 heteroatoms. The minimum atomic E-state index is -0.302. The number of hydrogen-bond acceptors (Lipinski definition) is 2. The Morgan fingerprint density at radius 1 is 1.30 bits per heavy atom. The lowest BCUT2D eigenvalue weighted by Gasteiger charge is -2.57. The zero-order chi connectivity index (χ0) is 16.8. The fraction of sp³-hybridized carbons (Fsp3) is 0.762. The van der Waals surface area contributed by atoms with E-state index in [1.165, 1.54) is 12.0 Å². The van der Waals surface area contributed by atoms with Crippen molar-refractivity contribution in [3.8, 4) is 0 Å². The van der Waals surface area contributed by atoms with Crippen LogP contribution >= 0.6 is 0 Å². The van der Waals surface area contributed by atoms with Crippen molar-refractivity contribution in [1.82, 2.24) is 0 Å². The molecule has 3 rings (SSSR count). The van der Waals surface area contributed by atoms with E-state index in [1.807, 2.05) is 0 Å². The molecule has 2 nitrogen and oxygen atoms in total. The molecule has 23 heavy (non-hydrogen) atoms. The van der Waals surface area contributed by atoms with E-state index >= 15 is 0 Å². The van der Waals surface area contributed by atoms with Crippen molar-refractivity contribution in [2.75, 3.05) is 7.11 Å². The first-order valence-electron chi connectivity index (χ1n) is 9.28. The maximum Gasteiger partial charge on any atom is 0.311 e. The molecule has 1 unspecified atom stereocenters. The summed E-state index contributed by atoms with van der Waals surface area (Å²) in [6.07, 6.45) is 11.8. The molecule has 2 fully saturated rings. The van der Waals surface area contributed by atoms with Crippen LogP contribution in [0.4, 0.5) is 0 Å². The van der Waals surface area contributed by atoms with Crippen molar-refractivity contribution < 1.29 is 9.53 Å². The molecule has 2 saturated carbocycles. The number of methoxy groups -OCH3 is 1. The van der Waals surface area contributed by atoms with Crippen molar-refractivity contribution in [3.05, 3.63) is 23.3 Å². The van der Waals surface area contributed by atoms with Gasteiger partial charge in [-0.25, -0.2) is 0 Å². The van der Waals surface area contributed by atoms with Gasteiger partial charge in [-0.15, -0.1) is 0 Å². The van der Waals surface area contributed by atoms with E-state index < -0.39 is 0 Å².